The second-order valence-corrected chi connectivity index (χ2v) is 6.67. The molecule has 0 atom stereocenters. The van der Waals surface area contributed by atoms with Crippen LogP contribution in [0.25, 0.3) is 17.5 Å². The molecule has 0 N–H and O–H groups in total. The van der Waals surface area contributed by atoms with E-state index in [4.69, 9.17) is 18.7 Å². The van der Waals surface area contributed by atoms with E-state index in [1.807, 2.05) is 30.5 Å². The zero-order valence-electron chi connectivity index (χ0n) is 16.2. The van der Waals surface area contributed by atoms with E-state index >= 15 is 0 Å². The van der Waals surface area contributed by atoms with E-state index in [0.29, 0.717) is 22.9 Å². The number of aromatic nitrogens is 2. The molecule has 0 unspecified atom stereocenters. The number of carbonyl (C=O) groups excluding carboxylic acids is 1. The molecular formula is C21H20N2O5S. The lowest BCUT2D eigenvalue weighted by molar-refractivity contribution is -0.139. The Morgan fingerprint density at radius 2 is 1.93 bits per heavy atom. The first-order valence-electron chi connectivity index (χ1n) is 8.67. The van der Waals surface area contributed by atoms with Crippen molar-refractivity contribution in [1.82, 2.24) is 10.1 Å². The maximum absolute atomic E-state index is 11.9. The van der Waals surface area contributed by atoms with Gasteiger partial charge in [-0.1, -0.05) is 17.3 Å². The van der Waals surface area contributed by atoms with Gasteiger partial charge >= 0.3 is 5.97 Å². The van der Waals surface area contributed by atoms with E-state index < -0.39 is 5.97 Å². The maximum Gasteiger partial charge on any atom is 0.331 e. The van der Waals surface area contributed by atoms with Gasteiger partial charge in [0.2, 0.25) is 5.82 Å². The number of hydrogen-bond donors (Lipinski definition) is 0. The van der Waals surface area contributed by atoms with Crippen LogP contribution in [0.15, 0.2) is 58.0 Å². The van der Waals surface area contributed by atoms with Gasteiger partial charge < -0.3 is 18.7 Å². The lowest BCUT2D eigenvalue weighted by atomic mass is 10.2. The minimum absolute atomic E-state index is 0.125. The molecule has 8 heteroatoms. The highest BCUT2D eigenvalue weighted by molar-refractivity contribution is 7.98. The molecule has 7 nitrogen and oxygen atoms in total. The van der Waals surface area contributed by atoms with Gasteiger partial charge in [0.1, 0.15) is 11.5 Å². The summed E-state index contributed by atoms with van der Waals surface area (Å²) in [6.07, 6.45) is 5.06. The third-order valence-corrected chi connectivity index (χ3v) is 4.73. The predicted molar refractivity (Wildman–Crippen MR) is 110 cm³/mol. The van der Waals surface area contributed by atoms with Crippen LogP contribution in [-0.2, 0) is 16.1 Å². The minimum atomic E-state index is -0.499. The van der Waals surface area contributed by atoms with Crippen LogP contribution in [0, 0.1) is 0 Å². The quantitative estimate of drug-likeness (QED) is 0.309. The molecule has 1 aromatic heterocycles. The number of rotatable bonds is 8. The molecule has 0 aliphatic rings. The Balaban J connectivity index is 1.60. The zero-order valence-corrected chi connectivity index (χ0v) is 17.1. The van der Waals surface area contributed by atoms with E-state index in [2.05, 4.69) is 10.1 Å². The number of thioether (sulfide) groups is 1. The van der Waals surface area contributed by atoms with Gasteiger partial charge in [0.15, 0.2) is 6.61 Å². The highest BCUT2D eigenvalue weighted by Gasteiger charge is 2.15. The summed E-state index contributed by atoms with van der Waals surface area (Å²) < 4.78 is 20.8. The zero-order chi connectivity index (χ0) is 20.6. The average Bonchev–Trinajstić information content (AvgIpc) is 3.25. The summed E-state index contributed by atoms with van der Waals surface area (Å²) in [7, 11) is 3.12. The smallest absolute Gasteiger partial charge is 0.331 e. The normalized spacial score (nSPS) is 10.9. The van der Waals surface area contributed by atoms with Crippen LogP contribution >= 0.6 is 11.8 Å². The third-order valence-electron chi connectivity index (χ3n) is 3.98. The number of hydrogen-bond acceptors (Lipinski definition) is 8. The molecule has 0 saturated carbocycles. The van der Waals surface area contributed by atoms with Gasteiger partial charge in [-0.2, -0.15) is 4.98 Å². The van der Waals surface area contributed by atoms with Crippen molar-refractivity contribution in [2.75, 3.05) is 20.5 Å². The molecule has 0 radical (unpaired) electrons. The largest absolute Gasteiger partial charge is 0.497 e. The van der Waals surface area contributed by atoms with Crippen molar-refractivity contribution in [2.24, 2.45) is 0 Å². The molecule has 3 aromatic rings. The fraction of sp³-hybridized carbons (Fsp3) is 0.190. The first-order valence-corrected chi connectivity index (χ1v) is 9.89. The van der Waals surface area contributed by atoms with Crippen molar-refractivity contribution in [2.45, 2.75) is 11.5 Å². The monoisotopic (exact) mass is 412 g/mol. The highest BCUT2D eigenvalue weighted by atomic mass is 32.2. The van der Waals surface area contributed by atoms with Crippen LogP contribution in [0.4, 0.5) is 0 Å². The topological polar surface area (TPSA) is 83.7 Å². The van der Waals surface area contributed by atoms with Crippen LogP contribution in [-0.4, -0.2) is 36.6 Å². The minimum Gasteiger partial charge on any atom is -0.497 e. The molecular weight excluding hydrogens is 392 g/mol. The molecule has 150 valence electrons. The van der Waals surface area contributed by atoms with E-state index in [9.17, 15) is 4.79 Å². The van der Waals surface area contributed by atoms with Gasteiger partial charge in [-0.25, -0.2) is 4.79 Å². The van der Waals surface area contributed by atoms with Crippen LogP contribution in [0.5, 0.6) is 11.5 Å². The van der Waals surface area contributed by atoms with E-state index in [1.54, 1.807) is 50.3 Å². The molecule has 29 heavy (non-hydrogen) atoms. The van der Waals surface area contributed by atoms with Crippen molar-refractivity contribution in [3.8, 4) is 22.9 Å². The van der Waals surface area contributed by atoms with Crippen molar-refractivity contribution in [3.63, 3.8) is 0 Å². The second-order valence-electron chi connectivity index (χ2n) is 5.79. The summed E-state index contributed by atoms with van der Waals surface area (Å²) in [6, 6.07) is 13.1. The third kappa shape index (κ3) is 5.39. The Labute approximate surface area is 172 Å². The number of carbonyl (C=O) groups is 1. The van der Waals surface area contributed by atoms with Crippen LogP contribution < -0.4 is 9.47 Å². The van der Waals surface area contributed by atoms with Gasteiger partial charge in [0, 0.05) is 17.0 Å². The highest BCUT2D eigenvalue weighted by Crippen LogP contribution is 2.31. The number of esters is 1. The molecule has 0 fully saturated rings. The summed E-state index contributed by atoms with van der Waals surface area (Å²) in [4.78, 5) is 17.3. The Morgan fingerprint density at radius 3 is 2.62 bits per heavy atom. The van der Waals surface area contributed by atoms with E-state index in [0.717, 1.165) is 10.5 Å². The molecule has 0 amide bonds. The summed E-state index contributed by atoms with van der Waals surface area (Å²) in [5, 5.41) is 3.92. The van der Waals surface area contributed by atoms with E-state index in [-0.39, 0.29) is 12.5 Å². The van der Waals surface area contributed by atoms with Gasteiger partial charge in [-0.15, -0.1) is 11.8 Å². The number of methoxy groups -OCH3 is 2. The lowest BCUT2D eigenvalue weighted by Crippen LogP contribution is -2.01. The molecule has 3 rings (SSSR count). The maximum atomic E-state index is 11.9. The first kappa shape index (κ1) is 20.5. The Kier molecular flexibility index (Phi) is 6.91. The Hall–Kier alpha value is -3.26. The molecule has 0 spiro atoms. The molecule has 0 aliphatic carbocycles. The SMILES string of the molecule is COc1ccc(-c2noc(COC(=O)/C=C/c3ccc(SC)cc3)n2)c(OC)c1. The number of nitrogens with zero attached hydrogens (tertiary/aromatic N) is 2. The lowest BCUT2D eigenvalue weighted by Gasteiger charge is -2.07. The molecule has 0 aliphatic heterocycles. The Morgan fingerprint density at radius 1 is 1.14 bits per heavy atom. The molecule has 0 bridgehead atoms. The fourth-order valence-electron chi connectivity index (χ4n) is 2.47. The molecule has 0 saturated heterocycles. The predicted octanol–water partition coefficient (Wildman–Crippen LogP) is 4.23. The second kappa shape index (κ2) is 9.79. The average molecular weight is 412 g/mol. The van der Waals surface area contributed by atoms with Crippen LogP contribution in [0.2, 0.25) is 0 Å². The van der Waals surface area contributed by atoms with Crippen molar-refractivity contribution in [3.05, 3.63) is 60.0 Å². The Bertz CT molecular complexity index is 999. The first-order chi connectivity index (χ1) is 14.1. The van der Waals surface area contributed by atoms with Crippen molar-refractivity contribution in [1.29, 1.82) is 0 Å². The van der Waals surface area contributed by atoms with Gasteiger partial charge in [0.25, 0.3) is 5.89 Å². The van der Waals surface area contributed by atoms with Crippen LogP contribution in [0.3, 0.4) is 0 Å². The summed E-state index contributed by atoms with van der Waals surface area (Å²) in [5.74, 6) is 1.21. The summed E-state index contributed by atoms with van der Waals surface area (Å²) >= 11 is 1.66. The van der Waals surface area contributed by atoms with Gasteiger partial charge in [0.05, 0.1) is 19.8 Å². The van der Waals surface area contributed by atoms with Gasteiger partial charge in [-0.3, -0.25) is 0 Å². The van der Waals surface area contributed by atoms with Crippen molar-refractivity contribution < 1.29 is 23.5 Å². The molecule has 2 aromatic carbocycles. The molecule has 1 heterocycles. The summed E-state index contributed by atoms with van der Waals surface area (Å²) in [5.41, 5.74) is 1.55. The van der Waals surface area contributed by atoms with Gasteiger partial charge in [-0.05, 0) is 42.2 Å². The fourth-order valence-corrected chi connectivity index (χ4v) is 2.87. The van der Waals surface area contributed by atoms with Crippen LogP contribution in [0.1, 0.15) is 11.5 Å². The van der Waals surface area contributed by atoms with Crippen molar-refractivity contribution >= 4 is 23.8 Å². The number of benzene rings is 2. The number of ether oxygens (including phenoxy) is 3. The summed E-state index contributed by atoms with van der Waals surface area (Å²) in [6.45, 7) is -0.125. The standard InChI is InChI=1S/C21H20N2O5S/c1-25-15-7-10-17(18(12-15)26-2)21-22-19(28-23-21)13-27-20(24)11-6-14-4-8-16(29-3)9-5-14/h4-12H,13H2,1-3H3/b11-6+. The van der Waals surface area contributed by atoms with E-state index in [1.165, 1.54) is 6.08 Å².